The number of allylic oxidation sites excluding steroid dienone is 1. The molecular formula is C33H33N7O2. The molecule has 1 aliphatic heterocycles. The molecule has 0 bridgehead atoms. The van der Waals surface area contributed by atoms with Gasteiger partial charge in [0, 0.05) is 42.0 Å². The SMILES string of the molecule is CC(C)/C=C(/C#N)C(=O)N1CC2CCCC2[C@H]1c1nc(-c2ccc(C(=O)Cc3ccccn3)cc2)c2c(N)nccn12. The van der Waals surface area contributed by atoms with Crippen molar-refractivity contribution in [2.24, 2.45) is 17.8 Å². The summed E-state index contributed by atoms with van der Waals surface area (Å²) >= 11 is 0. The average Bonchev–Trinajstić information content (AvgIpc) is 3.70. The number of benzene rings is 1. The maximum absolute atomic E-state index is 13.8. The van der Waals surface area contributed by atoms with Crippen molar-refractivity contribution >= 4 is 23.0 Å². The second kappa shape index (κ2) is 11.2. The van der Waals surface area contributed by atoms with Gasteiger partial charge in [-0.25, -0.2) is 9.97 Å². The zero-order valence-electron chi connectivity index (χ0n) is 23.8. The van der Waals surface area contributed by atoms with Gasteiger partial charge in [-0.1, -0.05) is 56.7 Å². The number of carbonyl (C=O) groups is 2. The molecule has 212 valence electrons. The highest BCUT2D eigenvalue weighted by atomic mass is 16.2. The van der Waals surface area contributed by atoms with Gasteiger partial charge in [0.1, 0.15) is 34.5 Å². The van der Waals surface area contributed by atoms with Gasteiger partial charge < -0.3 is 10.6 Å². The molecule has 0 spiro atoms. The summed E-state index contributed by atoms with van der Waals surface area (Å²) in [5.41, 5.74) is 10.0. The van der Waals surface area contributed by atoms with Gasteiger partial charge in [-0.15, -0.1) is 0 Å². The van der Waals surface area contributed by atoms with E-state index in [1.165, 1.54) is 0 Å². The molecule has 1 aliphatic carbocycles. The van der Waals surface area contributed by atoms with E-state index in [1.54, 1.807) is 30.6 Å². The third-order valence-corrected chi connectivity index (χ3v) is 8.43. The maximum Gasteiger partial charge on any atom is 0.264 e. The molecule has 1 saturated heterocycles. The van der Waals surface area contributed by atoms with Gasteiger partial charge >= 0.3 is 0 Å². The lowest BCUT2D eigenvalue weighted by Crippen LogP contribution is -2.34. The molecule has 9 nitrogen and oxygen atoms in total. The highest BCUT2D eigenvalue weighted by Gasteiger charge is 2.49. The Morgan fingerprint density at radius 3 is 2.64 bits per heavy atom. The van der Waals surface area contributed by atoms with Crippen LogP contribution in [0.25, 0.3) is 16.8 Å². The third-order valence-electron chi connectivity index (χ3n) is 8.43. The number of likely N-dealkylation sites (tertiary alicyclic amines) is 1. The molecule has 1 aromatic carbocycles. The largest absolute Gasteiger partial charge is 0.382 e. The molecule has 2 unspecified atom stereocenters. The van der Waals surface area contributed by atoms with Gasteiger partial charge in [-0.3, -0.25) is 19.0 Å². The molecule has 1 amide bonds. The van der Waals surface area contributed by atoms with Crippen LogP contribution in [0.5, 0.6) is 0 Å². The Kier molecular flexibility index (Phi) is 7.29. The van der Waals surface area contributed by atoms with Crippen LogP contribution in [-0.4, -0.2) is 42.5 Å². The Balaban J connectivity index is 1.40. The number of ketones is 1. The van der Waals surface area contributed by atoms with Crippen molar-refractivity contribution in [2.45, 2.75) is 45.6 Å². The number of pyridine rings is 1. The first kappa shape index (κ1) is 27.3. The molecule has 0 radical (unpaired) electrons. The number of imidazole rings is 1. The number of carbonyl (C=O) groups excluding carboxylic acids is 2. The van der Waals surface area contributed by atoms with E-state index in [0.29, 0.717) is 40.9 Å². The number of amides is 1. The number of nitrogen functional groups attached to an aromatic ring is 1. The van der Waals surface area contributed by atoms with Gasteiger partial charge in [-0.05, 0) is 42.7 Å². The van der Waals surface area contributed by atoms with Gasteiger partial charge in [-0.2, -0.15) is 5.26 Å². The zero-order chi connectivity index (χ0) is 29.4. The van der Waals surface area contributed by atoms with Gasteiger partial charge in [0.25, 0.3) is 5.91 Å². The molecule has 9 heteroatoms. The second-order valence-electron chi connectivity index (χ2n) is 11.5. The summed E-state index contributed by atoms with van der Waals surface area (Å²) in [5, 5.41) is 9.83. The number of Topliss-reactive ketones (excluding diaryl/α,β-unsaturated/α-hetero) is 1. The normalized spacial score (nSPS) is 20.2. The fourth-order valence-electron chi connectivity index (χ4n) is 6.57. The Hall–Kier alpha value is -4.84. The van der Waals surface area contributed by atoms with E-state index in [9.17, 15) is 14.9 Å². The van der Waals surface area contributed by atoms with Crippen molar-refractivity contribution in [1.82, 2.24) is 24.3 Å². The van der Waals surface area contributed by atoms with E-state index in [4.69, 9.17) is 10.7 Å². The second-order valence-corrected chi connectivity index (χ2v) is 11.5. The zero-order valence-corrected chi connectivity index (χ0v) is 23.8. The van der Waals surface area contributed by atoms with Crippen molar-refractivity contribution in [3.63, 3.8) is 0 Å². The predicted octanol–water partition coefficient (Wildman–Crippen LogP) is 5.20. The number of anilines is 1. The van der Waals surface area contributed by atoms with E-state index in [2.05, 4.69) is 16.0 Å². The van der Waals surface area contributed by atoms with E-state index >= 15 is 0 Å². The number of aromatic nitrogens is 4. The highest BCUT2D eigenvalue weighted by Crippen LogP contribution is 2.50. The number of rotatable bonds is 7. The van der Waals surface area contributed by atoms with E-state index in [1.807, 2.05) is 59.7 Å². The lowest BCUT2D eigenvalue weighted by molar-refractivity contribution is -0.128. The number of hydrogen-bond donors (Lipinski definition) is 1. The van der Waals surface area contributed by atoms with Crippen molar-refractivity contribution < 1.29 is 9.59 Å². The molecule has 3 aromatic heterocycles. The van der Waals surface area contributed by atoms with Crippen LogP contribution in [0, 0.1) is 29.1 Å². The van der Waals surface area contributed by atoms with Crippen molar-refractivity contribution in [3.8, 4) is 17.3 Å². The molecule has 1 saturated carbocycles. The Labute approximate surface area is 244 Å². The first-order valence-corrected chi connectivity index (χ1v) is 14.4. The minimum Gasteiger partial charge on any atom is -0.382 e. The van der Waals surface area contributed by atoms with Crippen LogP contribution in [0.4, 0.5) is 5.82 Å². The van der Waals surface area contributed by atoms with Crippen molar-refractivity contribution in [1.29, 1.82) is 5.26 Å². The number of nitrogens with two attached hydrogens (primary N) is 1. The van der Waals surface area contributed by atoms with Crippen LogP contribution in [0.2, 0.25) is 0 Å². The highest BCUT2D eigenvalue weighted by molar-refractivity contribution is 5.98. The predicted molar refractivity (Wildman–Crippen MR) is 159 cm³/mol. The Morgan fingerprint density at radius 2 is 1.93 bits per heavy atom. The van der Waals surface area contributed by atoms with E-state index in [0.717, 1.165) is 30.5 Å². The number of fused-ring (bicyclic) bond motifs is 2. The molecule has 42 heavy (non-hydrogen) atoms. The number of nitriles is 1. The average molecular weight is 560 g/mol. The number of nitrogens with zero attached hydrogens (tertiary/aromatic N) is 6. The summed E-state index contributed by atoms with van der Waals surface area (Å²) in [6.07, 6.45) is 10.3. The standard InChI is InChI=1S/C33H33N7O2/c1-20(2)16-24(18-34)33(42)40-19-23-6-5-8-26(23)29(40)32-38-28(30-31(35)37-14-15-39(30)32)22-11-9-21(10-12-22)27(41)17-25-7-3-4-13-36-25/h3-4,7,9-16,20,23,26,29H,5-6,8,17,19H2,1-2H3,(H2,35,37)/b24-16-/t23?,26?,29-/m0/s1. The van der Waals surface area contributed by atoms with Crippen molar-refractivity contribution in [2.75, 3.05) is 12.3 Å². The van der Waals surface area contributed by atoms with Gasteiger partial charge in [0.15, 0.2) is 5.78 Å². The molecule has 3 atom stereocenters. The topological polar surface area (TPSA) is 130 Å². The molecule has 2 aliphatic rings. The molecule has 4 aromatic rings. The summed E-state index contributed by atoms with van der Waals surface area (Å²) in [5.74, 6) is 1.46. The fraction of sp³-hybridized carbons (Fsp3) is 0.333. The monoisotopic (exact) mass is 559 g/mol. The smallest absolute Gasteiger partial charge is 0.264 e. The van der Waals surface area contributed by atoms with Gasteiger partial charge in [0.05, 0.1) is 12.5 Å². The summed E-state index contributed by atoms with van der Waals surface area (Å²) in [7, 11) is 0. The molecule has 6 rings (SSSR count). The lowest BCUT2D eigenvalue weighted by Gasteiger charge is -2.27. The Bertz CT molecular complexity index is 1720. The maximum atomic E-state index is 13.8. The van der Waals surface area contributed by atoms with Crippen LogP contribution < -0.4 is 5.73 Å². The van der Waals surface area contributed by atoms with Crippen LogP contribution >= 0.6 is 0 Å². The first-order chi connectivity index (χ1) is 20.4. The van der Waals surface area contributed by atoms with Gasteiger partial charge in [0.2, 0.25) is 0 Å². The third kappa shape index (κ3) is 4.94. The van der Waals surface area contributed by atoms with Crippen LogP contribution in [0.1, 0.15) is 61.0 Å². The molecule has 2 N–H and O–H groups in total. The first-order valence-electron chi connectivity index (χ1n) is 14.4. The minimum absolute atomic E-state index is 0.0213. The summed E-state index contributed by atoms with van der Waals surface area (Å²) in [6.45, 7) is 4.52. The molecule has 2 fully saturated rings. The van der Waals surface area contributed by atoms with Crippen LogP contribution in [-0.2, 0) is 11.2 Å². The molecule has 4 heterocycles. The molecular weight excluding hydrogens is 526 g/mol. The lowest BCUT2D eigenvalue weighted by atomic mass is 9.93. The summed E-state index contributed by atoms with van der Waals surface area (Å²) in [4.78, 5) is 42.3. The quantitative estimate of drug-likeness (QED) is 0.187. The minimum atomic E-state index is -0.295. The summed E-state index contributed by atoms with van der Waals surface area (Å²) < 4.78 is 1.95. The van der Waals surface area contributed by atoms with Crippen LogP contribution in [0.15, 0.2) is 72.7 Å². The van der Waals surface area contributed by atoms with E-state index < -0.39 is 0 Å². The number of hydrogen-bond acceptors (Lipinski definition) is 7. The van der Waals surface area contributed by atoms with E-state index in [-0.39, 0.29) is 41.6 Å². The van der Waals surface area contributed by atoms with Crippen LogP contribution in [0.3, 0.4) is 0 Å². The Morgan fingerprint density at radius 1 is 1.12 bits per heavy atom. The summed E-state index contributed by atoms with van der Waals surface area (Å²) in [6, 6.07) is 14.7. The fourth-order valence-corrected chi connectivity index (χ4v) is 6.57. The van der Waals surface area contributed by atoms with Crippen molar-refractivity contribution in [3.05, 3.63) is 89.8 Å².